The first-order chi connectivity index (χ1) is 12.2. The van der Waals surface area contributed by atoms with Crippen LogP contribution in [0.15, 0.2) is 18.6 Å². The van der Waals surface area contributed by atoms with Gasteiger partial charge >= 0.3 is 6.18 Å². The van der Waals surface area contributed by atoms with Crippen LogP contribution >= 0.6 is 0 Å². The standard InChI is InChI=1S/C16H17F3N6O/c1-9-6-13(16(17,18)19)25-14(23-9)12(7-22-25)15(26)20-4-5-24-8-21-10(2)11(24)3/h6-8H,4-5H2,1-3H3,(H,20,26). The lowest BCUT2D eigenvalue weighted by Gasteiger charge is -2.10. The molecule has 0 bridgehead atoms. The Balaban J connectivity index is 1.81. The normalized spacial score (nSPS) is 11.9. The van der Waals surface area contributed by atoms with Gasteiger partial charge in [0.25, 0.3) is 5.91 Å². The van der Waals surface area contributed by atoms with Crippen LogP contribution < -0.4 is 5.32 Å². The minimum atomic E-state index is -4.59. The van der Waals surface area contributed by atoms with Gasteiger partial charge in [-0.05, 0) is 26.8 Å². The van der Waals surface area contributed by atoms with Gasteiger partial charge in [-0.2, -0.15) is 18.3 Å². The number of imidazole rings is 1. The third-order valence-electron chi connectivity index (χ3n) is 4.12. The Morgan fingerprint density at radius 3 is 2.62 bits per heavy atom. The van der Waals surface area contributed by atoms with Crippen molar-refractivity contribution in [1.29, 1.82) is 0 Å². The molecule has 1 N–H and O–H groups in total. The van der Waals surface area contributed by atoms with E-state index in [1.807, 2.05) is 18.4 Å². The zero-order valence-corrected chi connectivity index (χ0v) is 14.4. The molecule has 26 heavy (non-hydrogen) atoms. The van der Waals surface area contributed by atoms with E-state index in [9.17, 15) is 18.0 Å². The molecule has 0 aliphatic heterocycles. The van der Waals surface area contributed by atoms with E-state index < -0.39 is 17.8 Å². The van der Waals surface area contributed by atoms with Crippen molar-refractivity contribution < 1.29 is 18.0 Å². The first kappa shape index (κ1) is 17.9. The molecule has 10 heteroatoms. The van der Waals surface area contributed by atoms with Crippen LogP contribution in [0.1, 0.15) is 33.1 Å². The van der Waals surface area contributed by atoms with Crippen LogP contribution in [0.2, 0.25) is 0 Å². The summed E-state index contributed by atoms with van der Waals surface area (Å²) in [5.41, 5.74) is 0.954. The van der Waals surface area contributed by atoms with Crippen molar-refractivity contribution in [2.75, 3.05) is 6.54 Å². The number of alkyl halides is 3. The number of aryl methyl sites for hydroxylation is 2. The van der Waals surface area contributed by atoms with E-state index in [-0.39, 0.29) is 16.9 Å². The summed E-state index contributed by atoms with van der Waals surface area (Å²) in [6.07, 6.45) is -1.83. The molecule has 0 saturated heterocycles. The van der Waals surface area contributed by atoms with E-state index in [2.05, 4.69) is 20.4 Å². The maximum Gasteiger partial charge on any atom is 0.433 e. The minimum absolute atomic E-state index is 0.00210. The van der Waals surface area contributed by atoms with Gasteiger partial charge in [-0.25, -0.2) is 14.5 Å². The number of carbonyl (C=O) groups is 1. The number of aromatic nitrogens is 5. The summed E-state index contributed by atoms with van der Waals surface area (Å²) in [5, 5.41) is 6.37. The van der Waals surface area contributed by atoms with Crippen LogP contribution in [0.25, 0.3) is 5.65 Å². The number of nitrogens with zero attached hydrogens (tertiary/aromatic N) is 5. The SMILES string of the molecule is Cc1cc(C(F)(F)F)n2ncc(C(=O)NCCn3cnc(C)c3C)c2n1. The average Bonchev–Trinajstić information content (AvgIpc) is 3.11. The fraction of sp³-hybridized carbons (Fsp3) is 0.375. The molecule has 0 aliphatic rings. The summed E-state index contributed by atoms with van der Waals surface area (Å²) in [6, 6.07) is 0.895. The molecular formula is C16H17F3N6O. The van der Waals surface area contributed by atoms with Crippen LogP contribution in [0.5, 0.6) is 0 Å². The highest BCUT2D eigenvalue weighted by Crippen LogP contribution is 2.30. The lowest BCUT2D eigenvalue weighted by Crippen LogP contribution is -2.27. The minimum Gasteiger partial charge on any atom is -0.350 e. The highest BCUT2D eigenvalue weighted by Gasteiger charge is 2.35. The fourth-order valence-electron chi connectivity index (χ4n) is 2.60. The van der Waals surface area contributed by atoms with Crippen molar-refractivity contribution in [2.24, 2.45) is 0 Å². The Kier molecular flexibility index (Phi) is 4.43. The number of rotatable bonds is 4. The second-order valence-corrected chi connectivity index (χ2v) is 5.94. The van der Waals surface area contributed by atoms with Gasteiger partial charge in [0.15, 0.2) is 5.65 Å². The van der Waals surface area contributed by atoms with Crippen molar-refractivity contribution in [1.82, 2.24) is 29.5 Å². The van der Waals surface area contributed by atoms with E-state index in [1.54, 1.807) is 6.33 Å². The van der Waals surface area contributed by atoms with Crippen molar-refractivity contribution in [3.8, 4) is 0 Å². The molecule has 3 aromatic rings. The van der Waals surface area contributed by atoms with Gasteiger partial charge in [-0.3, -0.25) is 4.79 Å². The first-order valence-corrected chi connectivity index (χ1v) is 7.87. The Hall–Kier alpha value is -2.91. The van der Waals surface area contributed by atoms with Gasteiger partial charge in [-0.15, -0.1) is 0 Å². The number of hydrogen-bond acceptors (Lipinski definition) is 4. The van der Waals surface area contributed by atoms with Crippen LogP contribution in [-0.2, 0) is 12.7 Å². The van der Waals surface area contributed by atoms with E-state index in [0.717, 1.165) is 23.7 Å². The molecule has 3 aromatic heterocycles. The second-order valence-electron chi connectivity index (χ2n) is 5.94. The zero-order chi connectivity index (χ0) is 19.1. The van der Waals surface area contributed by atoms with Gasteiger partial charge < -0.3 is 9.88 Å². The highest BCUT2D eigenvalue weighted by atomic mass is 19.4. The van der Waals surface area contributed by atoms with E-state index >= 15 is 0 Å². The smallest absolute Gasteiger partial charge is 0.350 e. The summed E-state index contributed by atoms with van der Waals surface area (Å²) in [5.74, 6) is -0.527. The molecule has 0 aliphatic carbocycles. The summed E-state index contributed by atoms with van der Waals surface area (Å²) >= 11 is 0. The molecule has 0 radical (unpaired) electrons. The molecule has 7 nitrogen and oxygen atoms in total. The number of fused-ring (bicyclic) bond motifs is 1. The van der Waals surface area contributed by atoms with Crippen molar-refractivity contribution in [3.05, 3.63) is 46.9 Å². The number of nitrogens with one attached hydrogen (secondary N) is 1. The molecule has 3 rings (SSSR count). The molecule has 0 aromatic carbocycles. The van der Waals surface area contributed by atoms with Crippen LogP contribution in [-0.4, -0.2) is 36.6 Å². The molecule has 138 valence electrons. The molecule has 0 unspecified atom stereocenters. The largest absolute Gasteiger partial charge is 0.433 e. The third-order valence-corrected chi connectivity index (χ3v) is 4.12. The predicted molar refractivity (Wildman–Crippen MR) is 86.8 cm³/mol. The number of carbonyl (C=O) groups excluding carboxylic acids is 1. The van der Waals surface area contributed by atoms with Gasteiger partial charge in [0.2, 0.25) is 0 Å². The first-order valence-electron chi connectivity index (χ1n) is 7.87. The molecule has 3 heterocycles. The quantitative estimate of drug-likeness (QED) is 0.769. The molecular weight excluding hydrogens is 349 g/mol. The van der Waals surface area contributed by atoms with Crippen molar-refractivity contribution in [3.63, 3.8) is 0 Å². The van der Waals surface area contributed by atoms with Crippen molar-refractivity contribution >= 4 is 11.6 Å². The molecule has 1 amide bonds. The molecule has 0 fully saturated rings. The number of hydrogen-bond donors (Lipinski definition) is 1. The Bertz CT molecular complexity index is 972. The van der Waals surface area contributed by atoms with Gasteiger partial charge in [0, 0.05) is 24.5 Å². The summed E-state index contributed by atoms with van der Waals surface area (Å²) in [4.78, 5) is 20.6. The summed E-state index contributed by atoms with van der Waals surface area (Å²) in [7, 11) is 0. The Morgan fingerprint density at radius 1 is 1.27 bits per heavy atom. The number of halogens is 3. The maximum atomic E-state index is 13.1. The van der Waals surface area contributed by atoms with Crippen molar-refractivity contribution in [2.45, 2.75) is 33.5 Å². The molecule has 0 saturated carbocycles. The Morgan fingerprint density at radius 2 is 2.00 bits per heavy atom. The lowest BCUT2D eigenvalue weighted by atomic mass is 10.2. The van der Waals surface area contributed by atoms with E-state index in [4.69, 9.17) is 0 Å². The van der Waals surface area contributed by atoms with E-state index in [0.29, 0.717) is 17.6 Å². The average molecular weight is 366 g/mol. The monoisotopic (exact) mass is 366 g/mol. The maximum absolute atomic E-state index is 13.1. The zero-order valence-electron chi connectivity index (χ0n) is 14.4. The molecule has 0 spiro atoms. The summed E-state index contributed by atoms with van der Waals surface area (Å²) in [6.45, 7) is 6.03. The number of amides is 1. The Labute approximate surface area is 146 Å². The second kappa shape index (κ2) is 6.43. The predicted octanol–water partition coefficient (Wildman–Crippen LogP) is 2.30. The van der Waals surface area contributed by atoms with Gasteiger partial charge in [0.1, 0.15) is 11.3 Å². The van der Waals surface area contributed by atoms with Gasteiger partial charge in [-0.1, -0.05) is 0 Å². The van der Waals surface area contributed by atoms with Crippen LogP contribution in [0.3, 0.4) is 0 Å². The lowest BCUT2D eigenvalue weighted by molar-refractivity contribution is -0.142. The van der Waals surface area contributed by atoms with E-state index in [1.165, 1.54) is 6.92 Å². The fourth-order valence-corrected chi connectivity index (χ4v) is 2.60. The summed E-state index contributed by atoms with van der Waals surface area (Å²) < 4.78 is 42.0. The van der Waals surface area contributed by atoms with Gasteiger partial charge in [0.05, 0.1) is 18.2 Å². The molecule has 0 atom stereocenters. The topological polar surface area (TPSA) is 77.1 Å². The van der Waals surface area contributed by atoms with Crippen LogP contribution in [0, 0.1) is 20.8 Å². The van der Waals surface area contributed by atoms with Crippen LogP contribution in [0.4, 0.5) is 13.2 Å². The highest BCUT2D eigenvalue weighted by molar-refractivity contribution is 5.99. The third kappa shape index (κ3) is 3.26.